The second kappa shape index (κ2) is 11.8. The summed E-state index contributed by atoms with van der Waals surface area (Å²) in [6, 6.07) is 17.9. The Morgan fingerprint density at radius 3 is 2.14 bits per heavy atom. The molecule has 0 atom stereocenters. The zero-order valence-electron chi connectivity index (χ0n) is 19.2. The second-order valence-electron chi connectivity index (χ2n) is 6.88. The van der Waals surface area contributed by atoms with E-state index in [0.717, 1.165) is 0 Å². The number of nitrogens with one attached hydrogen (secondary N) is 2. The predicted molar refractivity (Wildman–Crippen MR) is 128 cm³/mol. The van der Waals surface area contributed by atoms with Gasteiger partial charge in [0.05, 0.1) is 33.2 Å². The molecule has 0 aliphatic heterocycles. The monoisotopic (exact) mass is 477 g/mol. The summed E-state index contributed by atoms with van der Waals surface area (Å²) in [4.78, 5) is 36.6. The molecule has 0 saturated heterocycles. The van der Waals surface area contributed by atoms with Gasteiger partial charge in [0.25, 0.3) is 0 Å². The molecule has 0 unspecified atom stereocenters. The molecule has 10 heteroatoms. The minimum atomic E-state index is -0.971. The number of hydrogen-bond acceptors (Lipinski definition) is 8. The van der Waals surface area contributed by atoms with Crippen molar-refractivity contribution in [1.82, 2.24) is 5.43 Å². The van der Waals surface area contributed by atoms with Gasteiger partial charge in [-0.25, -0.2) is 10.2 Å². The van der Waals surface area contributed by atoms with Gasteiger partial charge in [0.2, 0.25) is 0 Å². The number of rotatable bonds is 8. The standard InChI is InChI=1S/C25H23N3O7/c1-32-18-12-13-20(22(14-18)34-3)27-23(29)24(30)28-26-15-16-8-10-17(11-9-16)35-25(31)19-6-4-5-7-21(19)33-2/h4-15H,1-3H3,(H,27,29)(H,28,30)/b26-15+. The van der Waals surface area contributed by atoms with Gasteiger partial charge in [-0.3, -0.25) is 9.59 Å². The van der Waals surface area contributed by atoms with Crippen LogP contribution in [0.1, 0.15) is 15.9 Å². The third-order valence-electron chi connectivity index (χ3n) is 4.66. The van der Waals surface area contributed by atoms with Crippen molar-refractivity contribution < 1.29 is 33.3 Å². The Morgan fingerprint density at radius 2 is 1.46 bits per heavy atom. The fourth-order valence-corrected chi connectivity index (χ4v) is 2.89. The minimum absolute atomic E-state index is 0.300. The fraction of sp³-hybridized carbons (Fsp3) is 0.120. The fourth-order valence-electron chi connectivity index (χ4n) is 2.89. The number of methoxy groups -OCH3 is 3. The number of esters is 1. The third-order valence-corrected chi connectivity index (χ3v) is 4.66. The van der Waals surface area contributed by atoms with E-state index in [9.17, 15) is 14.4 Å². The van der Waals surface area contributed by atoms with Crippen molar-refractivity contribution in [2.75, 3.05) is 26.6 Å². The van der Waals surface area contributed by atoms with E-state index in [4.69, 9.17) is 18.9 Å². The molecule has 0 spiro atoms. The highest BCUT2D eigenvalue weighted by Gasteiger charge is 2.16. The smallest absolute Gasteiger partial charge is 0.347 e. The van der Waals surface area contributed by atoms with Crippen molar-refractivity contribution in [3.8, 4) is 23.0 Å². The van der Waals surface area contributed by atoms with Crippen LogP contribution in [-0.2, 0) is 9.59 Å². The van der Waals surface area contributed by atoms with Crippen LogP contribution in [0, 0.1) is 0 Å². The number of hydrazone groups is 1. The average Bonchev–Trinajstić information content (AvgIpc) is 2.89. The van der Waals surface area contributed by atoms with E-state index in [2.05, 4.69) is 15.8 Å². The van der Waals surface area contributed by atoms with Crippen LogP contribution in [-0.4, -0.2) is 45.3 Å². The van der Waals surface area contributed by atoms with Crippen LogP contribution in [0.5, 0.6) is 23.0 Å². The molecule has 0 radical (unpaired) electrons. The summed E-state index contributed by atoms with van der Waals surface area (Å²) in [7, 11) is 4.40. The zero-order chi connectivity index (χ0) is 25.2. The van der Waals surface area contributed by atoms with Crippen molar-refractivity contribution in [3.05, 3.63) is 77.9 Å². The lowest BCUT2D eigenvalue weighted by atomic mass is 10.2. The third kappa shape index (κ3) is 6.57. The Labute approximate surface area is 201 Å². The van der Waals surface area contributed by atoms with Crippen LogP contribution < -0.4 is 29.7 Å². The van der Waals surface area contributed by atoms with E-state index in [-0.39, 0.29) is 0 Å². The number of anilines is 1. The zero-order valence-corrected chi connectivity index (χ0v) is 19.2. The molecule has 3 rings (SSSR count). The summed E-state index contributed by atoms with van der Waals surface area (Å²) in [5, 5.41) is 6.22. The van der Waals surface area contributed by atoms with E-state index in [1.165, 1.54) is 27.5 Å². The summed E-state index contributed by atoms with van der Waals surface area (Å²) in [6.07, 6.45) is 1.34. The van der Waals surface area contributed by atoms with Gasteiger partial charge in [0.15, 0.2) is 0 Å². The first-order chi connectivity index (χ1) is 16.9. The van der Waals surface area contributed by atoms with Crippen LogP contribution in [0.4, 0.5) is 5.69 Å². The highest BCUT2D eigenvalue weighted by Crippen LogP contribution is 2.29. The number of hydrogen-bond donors (Lipinski definition) is 2. The molecule has 0 fully saturated rings. The number of nitrogens with zero attached hydrogens (tertiary/aromatic N) is 1. The molecule has 2 N–H and O–H groups in total. The van der Waals surface area contributed by atoms with Gasteiger partial charge in [-0.1, -0.05) is 12.1 Å². The Morgan fingerprint density at radius 1 is 0.771 bits per heavy atom. The summed E-state index contributed by atoms with van der Waals surface area (Å²) in [5.74, 6) is -0.863. The van der Waals surface area contributed by atoms with E-state index < -0.39 is 17.8 Å². The van der Waals surface area contributed by atoms with Crippen molar-refractivity contribution in [2.45, 2.75) is 0 Å². The summed E-state index contributed by atoms with van der Waals surface area (Å²) < 4.78 is 20.8. The molecular weight excluding hydrogens is 454 g/mol. The van der Waals surface area contributed by atoms with Crippen LogP contribution in [0.25, 0.3) is 0 Å². The summed E-state index contributed by atoms with van der Waals surface area (Å²) >= 11 is 0. The van der Waals surface area contributed by atoms with Gasteiger partial charge in [-0.2, -0.15) is 5.10 Å². The quantitative estimate of drug-likeness (QED) is 0.168. The van der Waals surface area contributed by atoms with Gasteiger partial charge in [-0.15, -0.1) is 0 Å². The maximum absolute atomic E-state index is 12.4. The first-order valence-electron chi connectivity index (χ1n) is 10.3. The second-order valence-corrected chi connectivity index (χ2v) is 6.88. The van der Waals surface area contributed by atoms with Gasteiger partial charge in [0, 0.05) is 6.07 Å². The number of benzene rings is 3. The van der Waals surface area contributed by atoms with Crippen molar-refractivity contribution in [3.63, 3.8) is 0 Å². The SMILES string of the molecule is COc1ccc(NC(=O)C(=O)N/N=C/c2ccc(OC(=O)c3ccccc3OC)cc2)c(OC)c1. The highest BCUT2D eigenvalue weighted by atomic mass is 16.5. The van der Waals surface area contributed by atoms with Gasteiger partial charge in [-0.05, 0) is 54.1 Å². The molecule has 3 aromatic rings. The number of ether oxygens (including phenoxy) is 4. The predicted octanol–water partition coefficient (Wildman–Crippen LogP) is 3.02. The molecule has 2 amide bonds. The van der Waals surface area contributed by atoms with E-state index >= 15 is 0 Å². The number of carbonyl (C=O) groups excluding carboxylic acids is 3. The van der Waals surface area contributed by atoms with Gasteiger partial charge >= 0.3 is 17.8 Å². The molecule has 0 bridgehead atoms. The van der Waals surface area contributed by atoms with Gasteiger partial charge < -0.3 is 24.3 Å². The lowest BCUT2D eigenvalue weighted by Crippen LogP contribution is -2.32. The van der Waals surface area contributed by atoms with Crippen LogP contribution >= 0.6 is 0 Å². The highest BCUT2D eigenvalue weighted by molar-refractivity contribution is 6.39. The Hall–Kier alpha value is -4.86. The molecule has 0 aromatic heterocycles. The molecule has 180 valence electrons. The summed E-state index contributed by atoms with van der Waals surface area (Å²) in [6.45, 7) is 0. The first-order valence-corrected chi connectivity index (χ1v) is 10.3. The number of carbonyl (C=O) groups is 3. The maximum atomic E-state index is 12.4. The molecule has 0 heterocycles. The molecule has 35 heavy (non-hydrogen) atoms. The minimum Gasteiger partial charge on any atom is -0.497 e. The van der Waals surface area contributed by atoms with E-state index in [1.807, 2.05) is 0 Å². The lowest BCUT2D eigenvalue weighted by molar-refractivity contribution is -0.136. The molecule has 10 nitrogen and oxygen atoms in total. The van der Waals surface area contributed by atoms with Crippen molar-refractivity contribution >= 4 is 29.7 Å². The van der Waals surface area contributed by atoms with Crippen LogP contribution in [0.3, 0.4) is 0 Å². The number of para-hydroxylation sites is 1. The van der Waals surface area contributed by atoms with Gasteiger partial charge in [0.1, 0.15) is 28.6 Å². The molecule has 0 aliphatic carbocycles. The first kappa shape index (κ1) is 24.8. The van der Waals surface area contributed by atoms with Crippen LogP contribution in [0.15, 0.2) is 71.8 Å². The largest absolute Gasteiger partial charge is 0.497 e. The Balaban J connectivity index is 1.54. The molecule has 3 aromatic carbocycles. The van der Waals surface area contributed by atoms with Crippen LogP contribution in [0.2, 0.25) is 0 Å². The normalized spacial score (nSPS) is 10.4. The Kier molecular flexibility index (Phi) is 8.38. The maximum Gasteiger partial charge on any atom is 0.347 e. The number of amides is 2. The van der Waals surface area contributed by atoms with E-state index in [1.54, 1.807) is 66.7 Å². The average molecular weight is 477 g/mol. The lowest BCUT2D eigenvalue weighted by Gasteiger charge is -2.10. The summed E-state index contributed by atoms with van der Waals surface area (Å²) in [5.41, 5.74) is 3.34. The Bertz CT molecular complexity index is 1240. The molecular formula is C25H23N3O7. The molecule has 0 aliphatic rings. The molecule has 0 saturated carbocycles. The van der Waals surface area contributed by atoms with Crippen molar-refractivity contribution in [2.24, 2.45) is 5.10 Å². The topological polar surface area (TPSA) is 125 Å². The van der Waals surface area contributed by atoms with E-state index in [0.29, 0.717) is 39.8 Å². The van der Waals surface area contributed by atoms with Crippen molar-refractivity contribution in [1.29, 1.82) is 0 Å².